The maximum atomic E-state index is 12.5. The van der Waals surface area contributed by atoms with Gasteiger partial charge in [0.05, 0.1) is 39.7 Å². The second-order valence-corrected chi connectivity index (χ2v) is 24.8. The minimum Gasteiger partial charge on any atom is -0.389 e. The summed E-state index contributed by atoms with van der Waals surface area (Å²) >= 11 is 0. The summed E-state index contributed by atoms with van der Waals surface area (Å²) in [4.78, 5) is 127. The number of hydrogen-bond donors (Lipinski definition) is 8. The summed E-state index contributed by atoms with van der Waals surface area (Å²) in [6, 6.07) is 21.3. The number of ether oxygens (including phenoxy) is 1. The standard InChI is InChI=1S/C26H29N5O4.C19H23F3N6O3S.C19H23N5O4/c1-17-13-21-22(14-18(17)2)31(24-23(28-21)25(33)30-26(34)29-24)12-11-27-10-6-9-20(32)16-35-15-19-7-4-3-5-8-19;1-11-9-13-14(10-12(11)2)28(16-15(25-13)17(29)27-18(30)26-16)8-7-23-5-4-6-24-32(3,31)19(20,21)22;1-11-8-14-15(9-12(11)2)24(7-6-20-5-3-4-13(26)10-25)17-16(21-14)18(27)23-19(28)22-17/h3-5,7-8,13-14,27H,6,9-12,15-16H2,1-2H3,(H,30,33,34);9-10,23H,3-8H2,1-2H3,(H,24,31)(H,27,29,30);8-9,20,25H,3-7,10H2,1-2H3,(H,23,27,28). The number of carbonyl (C=O) groups is 2. The van der Waals surface area contributed by atoms with Crippen molar-refractivity contribution >= 4 is 60.2 Å². The number of Topliss-reactive ketones (excluding diaryl/α,β-unsaturated/α-hetero) is 2. The molecule has 8 N–H and O–H groups in total. The van der Waals surface area contributed by atoms with E-state index in [-0.39, 0.29) is 65.7 Å². The number of benzene rings is 4. The number of ketones is 2. The average Bonchev–Trinajstić information content (AvgIpc) is 0.774. The smallest absolute Gasteiger partial charge is 0.389 e. The number of nitrogens with one attached hydrogen (secondary N) is 7. The molecule has 4 aromatic rings. The number of aliphatic hydroxyl groups is 1. The Kier molecular flexibility index (Phi) is 24.2. The van der Waals surface area contributed by atoms with Crippen molar-refractivity contribution in [2.45, 2.75) is 105 Å². The molecule has 0 fully saturated rings. The highest BCUT2D eigenvalue weighted by Crippen LogP contribution is 2.27. The molecular weight excluding hydrogens is 1260 g/mol. The number of alkyl halides is 3. The molecule has 95 heavy (non-hydrogen) atoms. The summed E-state index contributed by atoms with van der Waals surface area (Å²) in [6.45, 7) is 16.2. The molecular formula is C64H75F3N16O11S. The van der Waals surface area contributed by atoms with Crippen LogP contribution in [-0.4, -0.2) is 150 Å². The van der Waals surface area contributed by atoms with E-state index in [9.17, 15) is 55.7 Å². The fourth-order valence-corrected chi connectivity index (χ4v) is 10.8. The predicted molar refractivity (Wildman–Crippen MR) is 356 cm³/mol. The summed E-state index contributed by atoms with van der Waals surface area (Å²) in [5.74, 6) is 3.26. The Labute approximate surface area is 541 Å². The van der Waals surface area contributed by atoms with Crippen LogP contribution in [0.4, 0.5) is 13.2 Å². The van der Waals surface area contributed by atoms with Gasteiger partial charge in [-0.25, -0.2) is 38.3 Å². The average molecular weight is 1330 g/mol. The van der Waals surface area contributed by atoms with E-state index in [0.29, 0.717) is 113 Å². The van der Waals surface area contributed by atoms with Gasteiger partial charge in [0.15, 0.2) is 46.1 Å². The summed E-state index contributed by atoms with van der Waals surface area (Å²) < 4.78 is 61.9. The molecule has 0 radical (unpaired) electrons. The molecule has 1 atom stereocenters. The van der Waals surface area contributed by atoms with E-state index < -0.39 is 55.6 Å². The molecule has 0 bridgehead atoms. The maximum absolute atomic E-state index is 12.5. The molecule has 0 aromatic heterocycles. The van der Waals surface area contributed by atoms with Gasteiger partial charge in [0.2, 0.25) is 0 Å². The summed E-state index contributed by atoms with van der Waals surface area (Å²) in [7, 11) is -4.36. The van der Waals surface area contributed by atoms with Gasteiger partial charge in [-0.1, -0.05) is 30.3 Å². The quantitative estimate of drug-likeness (QED) is 0.0208. The minimum absolute atomic E-state index is 0.0434. The van der Waals surface area contributed by atoms with Crippen LogP contribution in [0.15, 0.2) is 95.5 Å². The third kappa shape index (κ3) is 18.5. The molecule has 27 nitrogen and oxygen atoms in total. The molecule has 6 heterocycles. The number of aromatic amines is 3. The zero-order valence-electron chi connectivity index (χ0n) is 53.4. The highest BCUT2D eigenvalue weighted by atomic mass is 32.2. The van der Waals surface area contributed by atoms with Gasteiger partial charge in [0.1, 0.15) is 22.9 Å². The molecule has 0 spiro atoms. The minimum atomic E-state index is -4.90. The van der Waals surface area contributed by atoms with Gasteiger partial charge in [-0.2, -0.15) is 28.1 Å². The number of aryl methyl sites for hydroxylation is 6. The van der Waals surface area contributed by atoms with Crippen LogP contribution >= 0.6 is 0 Å². The number of fused-ring (bicyclic) bond motifs is 6. The van der Waals surface area contributed by atoms with Crippen molar-refractivity contribution in [3.63, 3.8) is 0 Å². The molecule has 31 heteroatoms. The normalized spacial score (nSPS) is 12.3. The van der Waals surface area contributed by atoms with Gasteiger partial charge in [-0.15, -0.1) is 0 Å². The monoisotopic (exact) mass is 1330 g/mol. The van der Waals surface area contributed by atoms with Crippen LogP contribution in [0, 0.1) is 41.5 Å². The van der Waals surface area contributed by atoms with E-state index in [2.05, 4.69) is 66.7 Å². The van der Waals surface area contributed by atoms with Crippen molar-refractivity contribution in [3.05, 3.63) is 168 Å². The Bertz CT molecular complexity index is 4800. The number of H-pyrrole nitrogens is 3. The molecule has 0 amide bonds. The second kappa shape index (κ2) is 32.2. The van der Waals surface area contributed by atoms with Gasteiger partial charge >= 0.3 is 22.6 Å². The number of rotatable bonds is 27. The third-order valence-electron chi connectivity index (χ3n) is 15.6. The molecule has 0 saturated carbocycles. The number of aromatic nitrogens is 12. The van der Waals surface area contributed by atoms with Crippen molar-refractivity contribution in [2.75, 3.05) is 59.0 Å². The Hall–Kier alpha value is -9.37. The predicted octanol–water partition coefficient (Wildman–Crippen LogP) is 3.41. The van der Waals surface area contributed by atoms with Crippen LogP contribution in [0.25, 0.3) is 67.7 Å². The first-order valence-electron chi connectivity index (χ1n) is 30.5. The Morgan fingerprint density at radius 3 is 1.25 bits per heavy atom. The van der Waals surface area contributed by atoms with E-state index >= 15 is 0 Å². The second-order valence-electron chi connectivity index (χ2n) is 22.7. The van der Waals surface area contributed by atoms with Crippen LogP contribution in [0.1, 0.15) is 71.0 Å². The Balaban J connectivity index is 0.000000184. The van der Waals surface area contributed by atoms with E-state index in [0.717, 1.165) is 50.0 Å². The van der Waals surface area contributed by atoms with E-state index in [1.165, 1.54) is 0 Å². The van der Waals surface area contributed by atoms with Crippen molar-refractivity contribution in [1.82, 2.24) is 79.2 Å². The Morgan fingerprint density at radius 2 is 0.884 bits per heavy atom. The van der Waals surface area contributed by atoms with Crippen molar-refractivity contribution in [2.24, 2.45) is 0 Å². The molecule has 4 aromatic carbocycles. The van der Waals surface area contributed by atoms with Gasteiger partial charge in [-0.05, 0) is 162 Å². The van der Waals surface area contributed by atoms with Gasteiger partial charge in [-0.3, -0.25) is 38.9 Å². The maximum Gasteiger partial charge on any atom is 0.476 e. The topological polar surface area (TPSA) is 371 Å². The van der Waals surface area contributed by atoms with Crippen molar-refractivity contribution in [3.8, 4) is 34.6 Å². The van der Waals surface area contributed by atoms with E-state index in [1.807, 2.05) is 122 Å². The van der Waals surface area contributed by atoms with E-state index in [1.54, 1.807) is 4.57 Å². The summed E-state index contributed by atoms with van der Waals surface area (Å²) in [6.07, 6.45) is 2.36. The fourth-order valence-electron chi connectivity index (χ4n) is 10.1. The van der Waals surface area contributed by atoms with Crippen molar-refractivity contribution < 1.29 is 36.8 Å². The number of nitrogens with zero attached hydrogens (tertiary/aromatic N) is 9. The third-order valence-corrected chi connectivity index (χ3v) is 17.0. The SMILES string of the molecule is C=S(=O)(NCCCNCCn1c2nc(=O)[nH]c(=O)c-2nc2cc(C)c(C)cc21)C(F)(F)F.Cc1cc2nc3c(=O)[nH]c(=O)nc-3n(CCNCCCC(=O)CO)c2cc1C.Cc1cc2nc3c(=O)[nH]c(=O)nc-3n(CCNCCCC(=O)COCc3ccccc3)c2cc1C. The van der Waals surface area contributed by atoms with Gasteiger partial charge in [0, 0.05) is 58.7 Å². The van der Waals surface area contributed by atoms with E-state index in [4.69, 9.17) is 9.84 Å². The summed E-state index contributed by atoms with van der Waals surface area (Å²) in [5, 5.41) is 18.4. The lowest BCUT2D eigenvalue weighted by Crippen LogP contribution is -2.37. The number of carbonyl (C=O) groups excluding carboxylic acids is 2. The highest BCUT2D eigenvalue weighted by Gasteiger charge is 2.39. The zero-order valence-corrected chi connectivity index (χ0v) is 54.2. The van der Waals surface area contributed by atoms with Crippen LogP contribution in [-0.2, 0) is 50.3 Å². The lowest BCUT2D eigenvalue weighted by atomic mass is 10.1. The van der Waals surface area contributed by atoms with Crippen LogP contribution in [0.2, 0.25) is 0 Å². The molecule has 504 valence electrons. The largest absolute Gasteiger partial charge is 0.476 e. The highest BCUT2D eigenvalue weighted by molar-refractivity contribution is 7.99. The van der Waals surface area contributed by atoms with Crippen LogP contribution in [0.5, 0.6) is 0 Å². The number of aliphatic hydroxyl groups excluding tert-OH is 1. The molecule has 6 aliphatic rings. The Morgan fingerprint density at radius 1 is 0.526 bits per heavy atom. The fraction of sp³-hybridized carbons (Fsp3) is 0.391. The van der Waals surface area contributed by atoms with Crippen LogP contribution < -0.4 is 54.4 Å². The number of hydrogen-bond acceptors (Lipinski definition) is 20. The van der Waals surface area contributed by atoms with Gasteiger partial charge < -0.3 is 39.5 Å². The lowest BCUT2D eigenvalue weighted by Gasteiger charge is -2.18. The molecule has 0 saturated heterocycles. The number of halogens is 3. The molecule has 1 unspecified atom stereocenters. The van der Waals surface area contributed by atoms with Crippen molar-refractivity contribution in [1.29, 1.82) is 0 Å². The lowest BCUT2D eigenvalue weighted by molar-refractivity contribution is -0.124. The zero-order chi connectivity index (χ0) is 68.7. The first-order valence-corrected chi connectivity index (χ1v) is 32.3. The van der Waals surface area contributed by atoms with Gasteiger partial charge in [0.25, 0.3) is 16.7 Å². The molecule has 0 aliphatic carbocycles. The summed E-state index contributed by atoms with van der Waals surface area (Å²) in [5.41, 5.74) is 3.04. The molecule has 6 aliphatic heterocycles. The van der Waals surface area contributed by atoms with Crippen LogP contribution in [0.3, 0.4) is 0 Å². The first kappa shape index (κ1) is 71.5. The first-order chi connectivity index (χ1) is 45.2. The molecule has 10 rings (SSSR count).